The highest BCUT2D eigenvalue weighted by Crippen LogP contribution is 2.33. The molecule has 2 aromatic heterocycles. The summed E-state index contributed by atoms with van der Waals surface area (Å²) in [6, 6.07) is 12.4. The Labute approximate surface area is 202 Å². The normalized spacial score (nSPS) is 12.1. The third-order valence-electron chi connectivity index (χ3n) is 4.78. The van der Waals surface area contributed by atoms with Crippen molar-refractivity contribution in [3.63, 3.8) is 0 Å². The number of alkyl halides is 3. The van der Waals surface area contributed by atoms with Gasteiger partial charge < -0.3 is 9.47 Å². The fraction of sp³-hybridized carbons (Fsp3) is 0.190. The summed E-state index contributed by atoms with van der Waals surface area (Å²) in [4.78, 5) is -0.681. The van der Waals surface area contributed by atoms with Gasteiger partial charge in [-0.05, 0) is 36.4 Å². The molecule has 0 aliphatic carbocycles. The number of para-hydroxylation sites is 1. The first-order chi connectivity index (χ1) is 16.6. The molecule has 0 aliphatic heterocycles. The van der Waals surface area contributed by atoms with Gasteiger partial charge in [0.25, 0.3) is 0 Å². The number of aromatic nitrogens is 4. The van der Waals surface area contributed by atoms with Crippen LogP contribution >= 0.6 is 11.6 Å². The van der Waals surface area contributed by atoms with Gasteiger partial charge in [-0.2, -0.15) is 17.7 Å². The zero-order valence-corrected chi connectivity index (χ0v) is 19.5. The third kappa shape index (κ3) is 5.31. The molecule has 0 atom stereocenters. The van der Waals surface area contributed by atoms with E-state index in [0.29, 0.717) is 34.9 Å². The summed E-state index contributed by atoms with van der Waals surface area (Å²) < 4.78 is 78.3. The Morgan fingerprint density at radius 1 is 1.09 bits per heavy atom. The molecule has 2 heterocycles. The Balaban J connectivity index is 1.46. The molecule has 0 unspecified atom stereocenters. The van der Waals surface area contributed by atoms with Crippen molar-refractivity contribution in [3.8, 4) is 23.0 Å². The average molecular weight is 528 g/mol. The van der Waals surface area contributed by atoms with E-state index < -0.39 is 26.7 Å². The van der Waals surface area contributed by atoms with Crippen molar-refractivity contribution in [1.29, 1.82) is 0 Å². The van der Waals surface area contributed by atoms with E-state index in [2.05, 4.69) is 20.0 Å². The molecule has 2 aromatic carbocycles. The highest BCUT2D eigenvalue weighted by Gasteiger charge is 2.32. The van der Waals surface area contributed by atoms with E-state index in [-0.39, 0.29) is 24.1 Å². The van der Waals surface area contributed by atoms with E-state index in [1.165, 1.54) is 17.7 Å². The summed E-state index contributed by atoms with van der Waals surface area (Å²) in [5, 5.41) is 12.2. The Morgan fingerprint density at radius 3 is 2.60 bits per heavy atom. The molecule has 0 radical (unpaired) electrons. The van der Waals surface area contributed by atoms with Gasteiger partial charge in [0.2, 0.25) is 15.9 Å². The lowest BCUT2D eigenvalue weighted by Gasteiger charge is -2.12. The highest BCUT2D eigenvalue weighted by molar-refractivity contribution is 7.89. The molecule has 184 valence electrons. The summed E-state index contributed by atoms with van der Waals surface area (Å²) in [5.74, 6) is 1.12. The van der Waals surface area contributed by atoms with Gasteiger partial charge in [-0.25, -0.2) is 13.1 Å². The summed E-state index contributed by atoms with van der Waals surface area (Å²) in [7, 11) is -2.80. The van der Waals surface area contributed by atoms with Crippen molar-refractivity contribution in [3.05, 3.63) is 65.2 Å². The SMILES string of the molecule is COc1ccccc1-c1nnc2ccc(OCCNS(=O)(=O)c3cc(C(F)(F)F)ccc3Cl)nn12. The minimum atomic E-state index is -4.72. The Hall–Kier alpha value is -3.42. The molecule has 0 spiro atoms. The largest absolute Gasteiger partial charge is 0.496 e. The Kier molecular flexibility index (Phi) is 6.83. The van der Waals surface area contributed by atoms with Crippen LogP contribution in [0.1, 0.15) is 5.56 Å². The first-order valence-electron chi connectivity index (χ1n) is 9.95. The fourth-order valence-electron chi connectivity index (χ4n) is 3.14. The summed E-state index contributed by atoms with van der Waals surface area (Å²) in [5.41, 5.74) is -0.0353. The lowest BCUT2D eigenvalue weighted by Crippen LogP contribution is -2.29. The van der Waals surface area contributed by atoms with Crippen LogP contribution in [0.2, 0.25) is 5.02 Å². The van der Waals surface area contributed by atoms with Gasteiger partial charge in [0.15, 0.2) is 11.5 Å². The lowest BCUT2D eigenvalue weighted by molar-refractivity contribution is -0.137. The number of sulfonamides is 1. The predicted octanol–water partition coefficient (Wildman–Crippen LogP) is 3.83. The second kappa shape index (κ2) is 9.68. The van der Waals surface area contributed by atoms with Crippen molar-refractivity contribution in [2.75, 3.05) is 20.3 Å². The summed E-state index contributed by atoms with van der Waals surface area (Å²) >= 11 is 5.82. The van der Waals surface area contributed by atoms with Crippen LogP contribution in [-0.4, -0.2) is 48.5 Å². The number of hydrogen-bond acceptors (Lipinski definition) is 7. The van der Waals surface area contributed by atoms with Crippen LogP contribution < -0.4 is 14.2 Å². The van der Waals surface area contributed by atoms with Gasteiger partial charge in [0.1, 0.15) is 17.3 Å². The van der Waals surface area contributed by atoms with Crippen molar-refractivity contribution in [2.45, 2.75) is 11.1 Å². The fourth-order valence-corrected chi connectivity index (χ4v) is 4.68. The predicted molar refractivity (Wildman–Crippen MR) is 120 cm³/mol. The van der Waals surface area contributed by atoms with Crippen LogP contribution in [0.4, 0.5) is 13.2 Å². The van der Waals surface area contributed by atoms with Crippen molar-refractivity contribution < 1.29 is 31.1 Å². The van der Waals surface area contributed by atoms with E-state index in [0.717, 1.165) is 6.07 Å². The number of nitrogens with one attached hydrogen (secondary N) is 1. The second-order valence-corrected chi connectivity index (χ2v) is 9.20. The minimum Gasteiger partial charge on any atom is -0.496 e. The van der Waals surface area contributed by atoms with Crippen LogP contribution in [0.15, 0.2) is 59.5 Å². The zero-order valence-electron chi connectivity index (χ0n) is 18.0. The second-order valence-electron chi connectivity index (χ2n) is 7.05. The van der Waals surface area contributed by atoms with Crippen LogP contribution in [-0.2, 0) is 16.2 Å². The number of methoxy groups -OCH3 is 1. The molecular weight excluding hydrogens is 511 g/mol. The lowest BCUT2D eigenvalue weighted by atomic mass is 10.2. The Bertz CT molecular complexity index is 1480. The molecule has 14 heteroatoms. The maximum atomic E-state index is 12.9. The van der Waals surface area contributed by atoms with Crippen molar-refractivity contribution in [2.24, 2.45) is 0 Å². The number of hydrogen-bond donors (Lipinski definition) is 1. The van der Waals surface area contributed by atoms with E-state index >= 15 is 0 Å². The monoisotopic (exact) mass is 527 g/mol. The van der Waals surface area contributed by atoms with E-state index in [4.69, 9.17) is 21.1 Å². The molecule has 4 rings (SSSR count). The van der Waals surface area contributed by atoms with E-state index in [1.54, 1.807) is 24.3 Å². The topological polar surface area (TPSA) is 108 Å². The first-order valence-corrected chi connectivity index (χ1v) is 11.8. The maximum absolute atomic E-state index is 12.9. The number of fused-ring (bicyclic) bond motifs is 1. The summed E-state index contributed by atoms with van der Waals surface area (Å²) in [6.07, 6.45) is -4.72. The van der Waals surface area contributed by atoms with Gasteiger partial charge in [0.05, 0.1) is 23.3 Å². The zero-order chi connectivity index (χ0) is 25.2. The van der Waals surface area contributed by atoms with Crippen LogP contribution in [0.3, 0.4) is 0 Å². The molecule has 0 amide bonds. The number of ether oxygens (including phenoxy) is 2. The smallest absolute Gasteiger partial charge is 0.416 e. The molecule has 4 aromatic rings. The van der Waals surface area contributed by atoms with E-state index in [9.17, 15) is 21.6 Å². The molecule has 0 saturated carbocycles. The molecule has 0 saturated heterocycles. The molecule has 9 nitrogen and oxygen atoms in total. The van der Waals surface area contributed by atoms with Gasteiger partial charge in [-0.3, -0.25) is 0 Å². The van der Waals surface area contributed by atoms with E-state index in [1.807, 2.05) is 6.07 Å². The van der Waals surface area contributed by atoms with Crippen molar-refractivity contribution >= 4 is 27.3 Å². The quantitative estimate of drug-likeness (QED) is 0.347. The number of nitrogens with zero attached hydrogens (tertiary/aromatic N) is 4. The van der Waals surface area contributed by atoms with Gasteiger partial charge in [-0.15, -0.1) is 15.3 Å². The number of benzene rings is 2. The standard InChI is InChI=1S/C21H17ClF3N5O4S/c1-33-16-5-3-2-4-14(16)20-28-27-18-8-9-19(29-30(18)20)34-11-10-26-35(31,32)17-12-13(21(23,24)25)6-7-15(17)22/h2-9,12,26H,10-11H2,1H3. The number of rotatable bonds is 8. The first kappa shape index (κ1) is 24.7. The van der Waals surface area contributed by atoms with Crippen LogP contribution in [0.25, 0.3) is 17.0 Å². The van der Waals surface area contributed by atoms with Crippen LogP contribution in [0.5, 0.6) is 11.6 Å². The van der Waals surface area contributed by atoms with Gasteiger partial charge >= 0.3 is 6.18 Å². The third-order valence-corrected chi connectivity index (χ3v) is 6.72. The molecule has 1 N–H and O–H groups in total. The maximum Gasteiger partial charge on any atom is 0.416 e. The van der Waals surface area contributed by atoms with Crippen LogP contribution in [0, 0.1) is 0 Å². The molecule has 0 bridgehead atoms. The minimum absolute atomic E-state index is 0.143. The number of halogens is 4. The molecular formula is C21H17ClF3N5O4S. The molecule has 0 aliphatic rings. The summed E-state index contributed by atoms with van der Waals surface area (Å²) in [6.45, 7) is -0.420. The Morgan fingerprint density at radius 2 is 1.86 bits per heavy atom. The highest BCUT2D eigenvalue weighted by atomic mass is 35.5. The molecule has 35 heavy (non-hydrogen) atoms. The average Bonchev–Trinajstić information content (AvgIpc) is 3.24. The molecule has 0 fully saturated rings. The van der Waals surface area contributed by atoms with Gasteiger partial charge in [-0.1, -0.05) is 23.7 Å². The van der Waals surface area contributed by atoms with Gasteiger partial charge in [0, 0.05) is 12.6 Å². The van der Waals surface area contributed by atoms with Crippen molar-refractivity contribution in [1.82, 2.24) is 24.5 Å².